The summed E-state index contributed by atoms with van der Waals surface area (Å²) in [7, 11) is 0. The van der Waals surface area contributed by atoms with E-state index in [-0.39, 0.29) is 0 Å². The van der Waals surface area contributed by atoms with E-state index in [1.165, 1.54) is 12.8 Å². The molecule has 4 nitrogen and oxygen atoms in total. The molecule has 1 heterocycles. The van der Waals surface area contributed by atoms with Gasteiger partial charge in [0.2, 0.25) is 0 Å². The first kappa shape index (κ1) is 14.2. The highest BCUT2D eigenvalue weighted by molar-refractivity contribution is 5.43. The molecule has 0 spiro atoms. The van der Waals surface area contributed by atoms with Crippen LogP contribution < -0.4 is 10.5 Å². The van der Waals surface area contributed by atoms with E-state index in [9.17, 15) is 5.11 Å². The summed E-state index contributed by atoms with van der Waals surface area (Å²) in [5, 5.41) is 10.1. The molecule has 0 saturated carbocycles. The quantitative estimate of drug-likeness (QED) is 0.770. The molecule has 1 fully saturated rings. The third kappa shape index (κ3) is 4.11. The maximum absolute atomic E-state index is 10.1. The molecule has 0 amide bonds. The average molecular weight is 264 g/mol. The molecule has 2 atom stereocenters. The second kappa shape index (κ2) is 6.78. The lowest BCUT2D eigenvalue weighted by atomic mass is 10.1. The summed E-state index contributed by atoms with van der Waals surface area (Å²) in [6.45, 7) is 4.31. The van der Waals surface area contributed by atoms with E-state index < -0.39 is 6.10 Å². The van der Waals surface area contributed by atoms with Crippen LogP contribution >= 0.6 is 0 Å². The molecule has 1 aromatic carbocycles. The van der Waals surface area contributed by atoms with Gasteiger partial charge < -0.3 is 15.6 Å². The van der Waals surface area contributed by atoms with Crippen LogP contribution in [-0.2, 0) is 0 Å². The molecular formula is C15H24N2O2. The second-order valence-electron chi connectivity index (χ2n) is 5.24. The molecule has 106 valence electrons. The first-order valence-electron chi connectivity index (χ1n) is 7.09. The minimum Gasteiger partial charge on any atom is -0.491 e. The predicted molar refractivity (Wildman–Crippen MR) is 77.2 cm³/mol. The number of nitrogens with zero attached hydrogens (tertiary/aromatic N) is 1. The van der Waals surface area contributed by atoms with Crippen LogP contribution in [0.15, 0.2) is 24.3 Å². The smallest absolute Gasteiger partial charge is 0.121 e. The summed E-state index contributed by atoms with van der Waals surface area (Å²) >= 11 is 0. The molecule has 1 aromatic rings. The van der Waals surface area contributed by atoms with Crippen molar-refractivity contribution in [2.45, 2.75) is 38.3 Å². The van der Waals surface area contributed by atoms with E-state index in [1.807, 2.05) is 18.2 Å². The van der Waals surface area contributed by atoms with Gasteiger partial charge in [0.1, 0.15) is 18.5 Å². The van der Waals surface area contributed by atoms with Gasteiger partial charge in [0.25, 0.3) is 0 Å². The lowest BCUT2D eigenvalue weighted by Gasteiger charge is -2.25. The Labute approximate surface area is 115 Å². The molecule has 1 aliphatic heterocycles. The highest BCUT2D eigenvalue weighted by atomic mass is 16.5. The van der Waals surface area contributed by atoms with Gasteiger partial charge >= 0.3 is 0 Å². The lowest BCUT2D eigenvalue weighted by molar-refractivity contribution is 0.0634. The molecule has 1 saturated heterocycles. The fourth-order valence-corrected chi connectivity index (χ4v) is 2.72. The predicted octanol–water partition coefficient (Wildman–Crippen LogP) is 1.88. The molecule has 0 aliphatic carbocycles. The Morgan fingerprint density at radius 2 is 2.37 bits per heavy atom. The van der Waals surface area contributed by atoms with Crippen molar-refractivity contribution < 1.29 is 9.84 Å². The largest absolute Gasteiger partial charge is 0.491 e. The zero-order chi connectivity index (χ0) is 13.7. The third-order valence-electron chi connectivity index (χ3n) is 3.72. The van der Waals surface area contributed by atoms with Crippen LogP contribution in [0.25, 0.3) is 0 Å². The van der Waals surface area contributed by atoms with Crippen LogP contribution in [-0.4, -0.2) is 41.8 Å². The summed E-state index contributed by atoms with van der Waals surface area (Å²) in [5.41, 5.74) is 6.36. The number of ether oxygens (including phenoxy) is 1. The fraction of sp³-hybridized carbons (Fsp3) is 0.600. The molecular weight excluding hydrogens is 240 g/mol. The van der Waals surface area contributed by atoms with E-state index in [4.69, 9.17) is 10.5 Å². The van der Waals surface area contributed by atoms with Crippen molar-refractivity contribution >= 4 is 5.69 Å². The molecule has 2 rings (SSSR count). The fourth-order valence-electron chi connectivity index (χ4n) is 2.72. The third-order valence-corrected chi connectivity index (χ3v) is 3.72. The zero-order valence-corrected chi connectivity index (χ0v) is 11.6. The minimum absolute atomic E-state index is 0.316. The van der Waals surface area contributed by atoms with Gasteiger partial charge in [0.15, 0.2) is 0 Å². The number of hydrogen-bond acceptors (Lipinski definition) is 4. The van der Waals surface area contributed by atoms with Crippen molar-refractivity contribution in [2.75, 3.05) is 25.4 Å². The van der Waals surface area contributed by atoms with Gasteiger partial charge in [-0.2, -0.15) is 0 Å². The van der Waals surface area contributed by atoms with E-state index in [0.29, 0.717) is 30.6 Å². The van der Waals surface area contributed by atoms with Crippen LogP contribution in [0.4, 0.5) is 5.69 Å². The zero-order valence-electron chi connectivity index (χ0n) is 11.6. The Balaban J connectivity index is 1.76. The van der Waals surface area contributed by atoms with Crippen molar-refractivity contribution in [3.63, 3.8) is 0 Å². The normalized spacial score (nSPS) is 21.5. The Morgan fingerprint density at radius 1 is 1.53 bits per heavy atom. The van der Waals surface area contributed by atoms with Crippen LogP contribution in [0, 0.1) is 0 Å². The van der Waals surface area contributed by atoms with Crippen molar-refractivity contribution in [3.05, 3.63) is 24.3 Å². The number of nitrogens with two attached hydrogens (primary N) is 1. The lowest BCUT2D eigenvalue weighted by Crippen LogP contribution is -2.38. The molecule has 1 aliphatic rings. The van der Waals surface area contributed by atoms with Crippen molar-refractivity contribution in [1.82, 2.24) is 4.90 Å². The van der Waals surface area contributed by atoms with E-state index >= 15 is 0 Å². The second-order valence-corrected chi connectivity index (χ2v) is 5.24. The maximum Gasteiger partial charge on any atom is 0.121 e. The van der Waals surface area contributed by atoms with Gasteiger partial charge in [-0.3, -0.25) is 4.90 Å². The Morgan fingerprint density at radius 3 is 3.11 bits per heavy atom. The summed E-state index contributed by atoms with van der Waals surface area (Å²) in [4.78, 5) is 2.37. The number of aliphatic hydroxyl groups excluding tert-OH is 1. The van der Waals surface area contributed by atoms with Crippen molar-refractivity contribution in [2.24, 2.45) is 0 Å². The molecule has 4 heteroatoms. The Hall–Kier alpha value is -1.26. The molecule has 0 bridgehead atoms. The van der Waals surface area contributed by atoms with Gasteiger partial charge in [-0.25, -0.2) is 0 Å². The number of nitrogen functional groups attached to an aromatic ring is 1. The molecule has 19 heavy (non-hydrogen) atoms. The molecule has 2 unspecified atom stereocenters. The first-order valence-corrected chi connectivity index (χ1v) is 7.09. The standard InChI is InChI=1S/C15H24N2O2/c1-2-13-6-4-8-17(13)10-14(18)11-19-15-7-3-5-12(16)9-15/h3,5,7,9,13-14,18H,2,4,6,8,10-11,16H2,1H3. The Kier molecular flexibility index (Phi) is 5.05. The minimum atomic E-state index is -0.450. The number of rotatable bonds is 6. The topological polar surface area (TPSA) is 58.7 Å². The molecule has 3 N–H and O–H groups in total. The maximum atomic E-state index is 10.1. The highest BCUT2D eigenvalue weighted by Gasteiger charge is 2.24. The van der Waals surface area contributed by atoms with E-state index in [0.717, 1.165) is 13.0 Å². The van der Waals surface area contributed by atoms with Crippen LogP contribution in [0.1, 0.15) is 26.2 Å². The van der Waals surface area contributed by atoms with Gasteiger partial charge in [-0.1, -0.05) is 13.0 Å². The number of likely N-dealkylation sites (tertiary alicyclic amines) is 1. The first-order chi connectivity index (χ1) is 9.19. The monoisotopic (exact) mass is 264 g/mol. The molecule has 0 aromatic heterocycles. The number of β-amino-alcohol motifs (C(OH)–C–C–N with tert-alkyl or cyclic N) is 1. The van der Waals surface area contributed by atoms with Gasteiger partial charge in [-0.15, -0.1) is 0 Å². The summed E-state index contributed by atoms with van der Waals surface area (Å²) in [5.74, 6) is 0.715. The highest BCUT2D eigenvalue weighted by Crippen LogP contribution is 2.20. The summed E-state index contributed by atoms with van der Waals surface area (Å²) in [6.07, 6.45) is 3.19. The van der Waals surface area contributed by atoms with Gasteiger partial charge in [0, 0.05) is 24.3 Å². The van der Waals surface area contributed by atoms with Gasteiger partial charge in [0.05, 0.1) is 0 Å². The van der Waals surface area contributed by atoms with Crippen molar-refractivity contribution in [1.29, 1.82) is 0 Å². The number of aliphatic hydroxyl groups is 1. The number of benzene rings is 1. The van der Waals surface area contributed by atoms with E-state index in [2.05, 4.69) is 11.8 Å². The van der Waals surface area contributed by atoms with Crippen LogP contribution in [0.5, 0.6) is 5.75 Å². The average Bonchev–Trinajstić information content (AvgIpc) is 2.84. The number of anilines is 1. The SMILES string of the molecule is CCC1CCCN1CC(O)COc1cccc(N)c1. The van der Waals surface area contributed by atoms with Crippen molar-refractivity contribution in [3.8, 4) is 5.75 Å². The molecule has 0 radical (unpaired) electrons. The Bertz CT molecular complexity index is 397. The summed E-state index contributed by atoms with van der Waals surface area (Å²) < 4.78 is 5.57. The van der Waals surface area contributed by atoms with Crippen LogP contribution in [0.2, 0.25) is 0 Å². The van der Waals surface area contributed by atoms with E-state index in [1.54, 1.807) is 6.07 Å². The van der Waals surface area contributed by atoms with Crippen LogP contribution in [0.3, 0.4) is 0 Å². The van der Waals surface area contributed by atoms with Gasteiger partial charge in [-0.05, 0) is 37.9 Å². The summed E-state index contributed by atoms with van der Waals surface area (Å²) in [6, 6.07) is 7.93. The number of hydrogen-bond donors (Lipinski definition) is 2.